The Morgan fingerprint density at radius 1 is 1.27 bits per heavy atom. The van der Waals surface area contributed by atoms with Gasteiger partial charge < -0.3 is 20.3 Å². The van der Waals surface area contributed by atoms with Crippen LogP contribution in [0.15, 0.2) is 48.5 Å². The first-order chi connectivity index (χ1) is 12.5. The Kier molecular flexibility index (Phi) is 5.63. The first kappa shape index (κ1) is 18.1. The molecule has 1 aliphatic rings. The van der Waals surface area contributed by atoms with Crippen molar-refractivity contribution in [1.82, 2.24) is 5.32 Å². The summed E-state index contributed by atoms with van der Waals surface area (Å²) < 4.78 is 5.41. The molecule has 26 heavy (non-hydrogen) atoms. The normalized spacial score (nSPS) is 16.5. The SMILES string of the molecule is CCOc1ccc(N2CC(NC(=O)Nc3cccc(Cl)c3)CC2=O)cc1. The van der Waals surface area contributed by atoms with Crippen molar-refractivity contribution >= 4 is 34.9 Å². The van der Waals surface area contributed by atoms with Crippen LogP contribution in [0, 0.1) is 0 Å². The van der Waals surface area contributed by atoms with Gasteiger partial charge in [-0.25, -0.2) is 4.79 Å². The van der Waals surface area contributed by atoms with Crippen LogP contribution in [0.2, 0.25) is 5.02 Å². The number of anilines is 2. The number of hydrogen-bond acceptors (Lipinski definition) is 3. The highest BCUT2D eigenvalue weighted by molar-refractivity contribution is 6.30. The Morgan fingerprint density at radius 2 is 2.04 bits per heavy atom. The van der Waals surface area contributed by atoms with Gasteiger partial charge in [0.25, 0.3) is 0 Å². The molecule has 2 N–H and O–H groups in total. The molecule has 1 heterocycles. The molecule has 0 saturated carbocycles. The second kappa shape index (κ2) is 8.10. The summed E-state index contributed by atoms with van der Waals surface area (Å²) in [6, 6.07) is 13.6. The monoisotopic (exact) mass is 373 g/mol. The number of carbonyl (C=O) groups excluding carboxylic acids is 2. The van der Waals surface area contributed by atoms with E-state index in [-0.39, 0.29) is 24.4 Å². The Morgan fingerprint density at radius 3 is 2.73 bits per heavy atom. The summed E-state index contributed by atoms with van der Waals surface area (Å²) in [6.45, 7) is 2.94. The van der Waals surface area contributed by atoms with Gasteiger partial charge in [-0.1, -0.05) is 17.7 Å². The highest BCUT2D eigenvalue weighted by Crippen LogP contribution is 2.24. The Hall–Kier alpha value is -2.73. The predicted octanol–water partition coefficient (Wildman–Crippen LogP) is 3.67. The van der Waals surface area contributed by atoms with Crippen molar-refractivity contribution < 1.29 is 14.3 Å². The molecule has 3 rings (SSSR count). The van der Waals surface area contributed by atoms with E-state index in [0.29, 0.717) is 23.9 Å². The fourth-order valence-electron chi connectivity index (χ4n) is 2.86. The molecule has 0 aliphatic carbocycles. The Balaban J connectivity index is 1.58. The minimum Gasteiger partial charge on any atom is -0.494 e. The lowest BCUT2D eigenvalue weighted by Crippen LogP contribution is -2.39. The van der Waals surface area contributed by atoms with E-state index in [9.17, 15) is 9.59 Å². The molecule has 0 aromatic heterocycles. The number of nitrogens with one attached hydrogen (secondary N) is 2. The van der Waals surface area contributed by atoms with Gasteiger partial charge in [0.1, 0.15) is 5.75 Å². The molecule has 1 saturated heterocycles. The topological polar surface area (TPSA) is 70.7 Å². The van der Waals surface area contributed by atoms with Crippen LogP contribution in [-0.2, 0) is 4.79 Å². The van der Waals surface area contributed by atoms with Gasteiger partial charge in [0.15, 0.2) is 0 Å². The molecule has 6 nitrogen and oxygen atoms in total. The van der Waals surface area contributed by atoms with E-state index < -0.39 is 0 Å². The number of hydrogen-bond donors (Lipinski definition) is 2. The van der Waals surface area contributed by atoms with Crippen LogP contribution in [0.5, 0.6) is 5.75 Å². The average Bonchev–Trinajstić information content (AvgIpc) is 2.96. The molecular weight excluding hydrogens is 354 g/mol. The molecule has 0 bridgehead atoms. The zero-order valence-corrected chi connectivity index (χ0v) is 15.1. The third-order valence-electron chi connectivity index (χ3n) is 4.00. The van der Waals surface area contributed by atoms with Gasteiger partial charge in [-0.15, -0.1) is 0 Å². The van der Waals surface area contributed by atoms with E-state index in [0.717, 1.165) is 11.4 Å². The molecule has 0 radical (unpaired) electrons. The number of amides is 3. The van der Waals surface area contributed by atoms with Crippen molar-refractivity contribution in [2.24, 2.45) is 0 Å². The second-order valence-electron chi connectivity index (χ2n) is 5.94. The maximum Gasteiger partial charge on any atom is 0.319 e. The Bertz CT molecular complexity index is 795. The number of halogens is 1. The molecule has 2 aromatic rings. The Labute approximate surface area is 157 Å². The number of benzene rings is 2. The van der Waals surface area contributed by atoms with E-state index in [2.05, 4.69) is 10.6 Å². The summed E-state index contributed by atoms with van der Waals surface area (Å²) in [4.78, 5) is 26.1. The first-order valence-corrected chi connectivity index (χ1v) is 8.79. The van der Waals surface area contributed by atoms with Crippen molar-refractivity contribution in [3.8, 4) is 5.75 Å². The van der Waals surface area contributed by atoms with E-state index in [1.165, 1.54) is 0 Å². The van der Waals surface area contributed by atoms with Gasteiger partial charge in [0, 0.05) is 29.4 Å². The lowest BCUT2D eigenvalue weighted by Gasteiger charge is -2.18. The van der Waals surface area contributed by atoms with Gasteiger partial charge in [-0.3, -0.25) is 4.79 Å². The summed E-state index contributed by atoms with van der Waals surface area (Å²) >= 11 is 5.90. The largest absolute Gasteiger partial charge is 0.494 e. The summed E-state index contributed by atoms with van der Waals surface area (Å²) in [5.41, 5.74) is 1.39. The zero-order valence-electron chi connectivity index (χ0n) is 14.4. The highest BCUT2D eigenvalue weighted by Gasteiger charge is 2.31. The summed E-state index contributed by atoms with van der Waals surface area (Å²) in [5, 5.41) is 6.09. The van der Waals surface area contributed by atoms with Gasteiger partial charge in [-0.05, 0) is 49.4 Å². The van der Waals surface area contributed by atoms with E-state index in [1.54, 1.807) is 29.2 Å². The van der Waals surface area contributed by atoms with Crippen LogP contribution in [0.25, 0.3) is 0 Å². The van der Waals surface area contributed by atoms with Gasteiger partial charge in [-0.2, -0.15) is 0 Å². The molecule has 3 amide bonds. The van der Waals surface area contributed by atoms with Crippen molar-refractivity contribution in [2.45, 2.75) is 19.4 Å². The van der Waals surface area contributed by atoms with Crippen LogP contribution in [0.3, 0.4) is 0 Å². The lowest BCUT2D eigenvalue weighted by molar-refractivity contribution is -0.117. The molecule has 1 aliphatic heterocycles. The maximum atomic E-state index is 12.3. The quantitative estimate of drug-likeness (QED) is 0.840. The summed E-state index contributed by atoms with van der Waals surface area (Å²) in [7, 11) is 0. The van der Waals surface area contributed by atoms with Crippen molar-refractivity contribution in [2.75, 3.05) is 23.4 Å². The summed E-state index contributed by atoms with van der Waals surface area (Å²) in [5.74, 6) is 0.737. The fourth-order valence-corrected chi connectivity index (χ4v) is 3.05. The molecule has 136 valence electrons. The van der Waals surface area contributed by atoms with Gasteiger partial charge in [0.2, 0.25) is 5.91 Å². The zero-order chi connectivity index (χ0) is 18.5. The van der Waals surface area contributed by atoms with Crippen molar-refractivity contribution in [1.29, 1.82) is 0 Å². The number of carbonyl (C=O) groups is 2. The fraction of sp³-hybridized carbons (Fsp3) is 0.263. The smallest absolute Gasteiger partial charge is 0.319 e. The van der Waals surface area contributed by atoms with Crippen LogP contribution >= 0.6 is 11.6 Å². The van der Waals surface area contributed by atoms with Crippen molar-refractivity contribution in [3.63, 3.8) is 0 Å². The van der Waals surface area contributed by atoms with Gasteiger partial charge in [0.05, 0.1) is 12.6 Å². The number of nitrogens with zero attached hydrogens (tertiary/aromatic N) is 1. The van der Waals surface area contributed by atoms with E-state index in [1.807, 2.05) is 31.2 Å². The summed E-state index contributed by atoms with van der Waals surface area (Å²) in [6.07, 6.45) is 0.260. The first-order valence-electron chi connectivity index (χ1n) is 8.41. The molecule has 1 unspecified atom stereocenters. The minimum absolute atomic E-state index is 0.0257. The third-order valence-corrected chi connectivity index (χ3v) is 4.24. The molecular formula is C19H20ClN3O3. The van der Waals surface area contributed by atoms with E-state index in [4.69, 9.17) is 16.3 Å². The van der Waals surface area contributed by atoms with Crippen LogP contribution in [0.4, 0.5) is 16.2 Å². The van der Waals surface area contributed by atoms with Crippen LogP contribution in [0.1, 0.15) is 13.3 Å². The molecule has 1 fully saturated rings. The minimum atomic E-state index is -0.362. The molecule has 7 heteroatoms. The van der Waals surface area contributed by atoms with Crippen LogP contribution < -0.4 is 20.3 Å². The lowest BCUT2D eigenvalue weighted by atomic mass is 10.2. The maximum absolute atomic E-state index is 12.3. The van der Waals surface area contributed by atoms with Gasteiger partial charge >= 0.3 is 6.03 Å². The standard InChI is InChI=1S/C19H20ClN3O3/c1-2-26-17-8-6-16(7-9-17)23-12-15(11-18(23)24)22-19(25)21-14-5-3-4-13(20)10-14/h3-10,15H,2,11-12H2,1H3,(H2,21,22,25). The van der Waals surface area contributed by atoms with Crippen molar-refractivity contribution in [3.05, 3.63) is 53.6 Å². The average molecular weight is 374 g/mol. The number of ether oxygens (including phenoxy) is 1. The molecule has 2 aromatic carbocycles. The predicted molar refractivity (Wildman–Crippen MR) is 102 cm³/mol. The second-order valence-corrected chi connectivity index (χ2v) is 6.38. The van der Waals surface area contributed by atoms with E-state index >= 15 is 0 Å². The molecule has 1 atom stereocenters. The third kappa shape index (κ3) is 4.46. The highest BCUT2D eigenvalue weighted by atomic mass is 35.5. The van der Waals surface area contributed by atoms with Crippen LogP contribution in [-0.4, -0.2) is 31.1 Å². The number of rotatable bonds is 5. The number of urea groups is 1. The molecule has 0 spiro atoms.